The molecule has 6 heteroatoms. The Bertz CT molecular complexity index is 974. The Morgan fingerprint density at radius 1 is 1.00 bits per heavy atom. The SMILES string of the molecule is COc1cc(CNc2ccc(CC(=O)NCc3ccccc3F)cc2)ccc1O. The van der Waals surface area contributed by atoms with Gasteiger partial charge in [0.2, 0.25) is 5.91 Å². The van der Waals surface area contributed by atoms with Crippen molar-refractivity contribution >= 4 is 11.6 Å². The first-order valence-electron chi connectivity index (χ1n) is 9.24. The van der Waals surface area contributed by atoms with E-state index in [1.165, 1.54) is 13.2 Å². The number of nitrogens with one attached hydrogen (secondary N) is 2. The number of rotatable bonds is 8. The van der Waals surface area contributed by atoms with Gasteiger partial charge >= 0.3 is 0 Å². The maximum atomic E-state index is 13.6. The Labute approximate surface area is 169 Å². The van der Waals surface area contributed by atoms with Crippen molar-refractivity contribution in [2.45, 2.75) is 19.5 Å². The molecule has 0 saturated heterocycles. The Balaban J connectivity index is 1.49. The van der Waals surface area contributed by atoms with Gasteiger partial charge in [-0.1, -0.05) is 36.4 Å². The Hall–Kier alpha value is -3.54. The lowest BCUT2D eigenvalue weighted by Crippen LogP contribution is -2.25. The fourth-order valence-corrected chi connectivity index (χ4v) is 2.86. The van der Waals surface area contributed by atoms with Gasteiger partial charge in [-0.25, -0.2) is 4.39 Å². The Morgan fingerprint density at radius 3 is 2.45 bits per heavy atom. The van der Waals surface area contributed by atoms with E-state index in [0.29, 0.717) is 17.9 Å². The van der Waals surface area contributed by atoms with E-state index in [2.05, 4.69) is 10.6 Å². The van der Waals surface area contributed by atoms with Crippen LogP contribution in [0.2, 0.25) is 0 Å². The second-order valence-corrected chi connectivity index (χ2v) is 6.60. The number of amides is 1. The number of ether oxygens (including phenoxy) is 1. The topological polar surface area (TPSA) is 70.6 Å². The number of anilines is 1. The molecule has 3 aromatic carbocycles. The molecule has 0 radical (unpaired) electrons. The molecular weight excluding hydrogens is 371 g/mol. The highest BCUT2D eigenvalue weighted by atomic mass is 19.1. The largest absolute Gasteiger partial charge is 0.504 e. The van der Waals surface area contributed by atoms with Crippen molar-refractivity contribution in [1.82, 2.24) is 5.32 Å². The van der Waals surface area contributed by atoms with Gasteiger partial charge in [-0.05, 0) is 41.5 Å². The van der Waals surface area contributed by atoms with Crippen LogP contribution in [0.4, 0.5) is 10.1 Å². The average molecular weight is 394 g/mol. The summed E-state index contributed by atoms with van der Waals surface area (Å²) in [4.78, 5) is 12.1. The summed E-state index contributed by atoms with van der Waals surface area (Å²) in [5.74, 6) is 0.0505. The van der Waals surface area contributed by atoms with Crippen LogP contribution in [0.3, 0.4) is 0 Å². The summed E-state index contributed by atoms with van der Waals surface area (Å²) in [6.07, 6.45) is 0.226. The number of phenolic OH excluding ortho intramolecular Hbond substituents is 1. The third-order valence-corrected chi connectivity index (χ3v) is 4.49. The van der Waals surface area contributed by atoms with E-state index >= 15 is 0 Å². The number of carbonyl (C=O) groups excluding carboxylic acids is 1. The highest BCUT2D eigenvalue weighted by Crippen LogP contribution is 2.26. The van der Waals surface area contributed by atoms with Crippen molar-refractivity contribution in [3.05, 3.63) is 89.2 Å². The maximum absolute atomic E-state index is 13.6. The molecule has 0 unspecified atom stereocenters. The standard InChI is InChI=1S/C23H23FN2O3/c1-29-22-12-17(8-11-21(22)27)14-25-19-9-6-16(7-10-19)13-23(28)26-15-18-4-2-3-5-20(18)24/h2-12,25,27H,13-15H2,1H3,(H,26,28). The van der Waals surface area contributed by atoms with Crippen molar-refractivity contribution in [3.63, 3.8) is 0 Å². The van der Waals surface area contributed by atoms with Crippen LogP contribution in [-0.4, -0.2) is 18.1 Å². The van der Waals surface area contributed by atoms with Gasteiger partial charge < -0.3 is 20.5 Å². The zero-order valence-electron chi connectivity index (χ0n) is 16.1. The first-order chi connectivity index (χ1) is 14.0. The van der Waals surface area contributed by atoms with Crippen LogP contribution in [-0.2, 0) is 24.3 Å². The number of aromatic hydroxyl groups is 1. The minimum Gasteiger partial charge on any atom is -0.504 e. The minimum absolute atomic E-state index is 0.105. The summed E-state index contributed by atoms with van der Waals surface area (Å²) >= 11 is 0. The molecule has 5 nitrogen and oxygen atoms in total. The van der Waals surface area contributed by atoms with Crippen molar-refractivity contribution in [3.8, 4) is 11.5 Å². The lowest BCUT2D eigenvalue weighted by molar-refractivity contribution is -0.120. The molecule has 0 aliphatic heterocycles. The molecule has 0 spiro atoms. The van der Waals surface area contributed by atoms with Crippen LogP contribution in [0.5, 0.6) is 11.5 Å². The molecule has 150 valence electrons. The van der Waals surface area contributed by atoms with Crippen LogP contribution in [0.15, 0.2) is 66.7 Å². The lowest BCUT2D eigenvalue weighted by atomic mass is 10.1. The van der Waals surface area contributed by atoms with E-state index in [1.807, 2.05) is 30.3 Å². The van der Waals surface area contributed by atoms with Gasteiger partial charge in [-0.2, -0.15) is 0 Å². The maximum Gasteiger partial charge on any atom is 0.224 e. The quantitative estimate of drug-likeness (QED) is 0.540. The van der Waals surface area contributed by atoms with Crippen LogP contribution < -0.4 is 15.4 Å². The molecule has 0 aliphatic rings. The zero-order chi connectivity index (χ0) is 20.6. The van der Waals surface area contributed by atoms with E-state index in [1.54, 1.807) is 30.3 Å². The molecule has 0 bridgehead atoms. The highest BCUT2D eigenvalue weighted by Gasteiger charge is 2.06. The predicted octanol–water partition coefficient (Wildman–Crippen LogP) is 4.01. The second kappa shape index (κ2) is 9.59. The van der Waals surface area contributed by atoms with Gasteiger partial charge in [-0.15, -0.1) is 0 Å². The van der Waals surface area contributed by atoms with E-state index in [9.17, 15) is 14.3 Å². The van der Waals surface area contributed by atoms with Crippen LogP contribution in [0, 0.1) is 5.82 Å². The summed E-state index contributed by atoms with van der Waals surface area (Å²) in [5.41, 5.74) is 3.21. The number of hydrogen-bond donors (Lipinski definition) is 3. The molecular formula is C23H23FN2O3. The summed E-state index contributed by atoms with van der Waals surface area (Å²) in [6, 6.07) is 19.1. The van der Waals surface area contributed by atoms with Crippen LogP contribution in [0.1, 0.15) is 16.7 Å². The molecule has 3 aromatic rings. The number of benzene rings is 3. The van der Waals surface area contributed by atoms with E-state index in [0.717, 1.165) is 16.8 Å². The van der Waals surface area contributed by atoms with Crippen molar-refractivity contribution in [2.75, 3.05) is 12.4 Å². The lowest BCUT2D eigenvalue weighted by Gasteiger charge is -2.10. The Morgan fingerprint density at radius 2 is 1.72 bits per heavy atom. The number of hydrogen-bond acceptors (Lipinski definition) is 4. The van der Waals surface area contributed by atoms with Gasteiger partial charge in [0, 0.05) is 24.3 Å². The van der Waals surface area contributed by atoms with Crippen molar-refractivity contribution < 1.29 is 19.0 Å². The van der Waals surface area contributed by atoms with Crippen LogP contribution >= 0.6 is 0 Å². The molecule has 29 heavy (non-hydrogen) atoms. The fourth-order valence-electron chi connectivity index (χ4n) is 2.86. The fraction of sp³-hybridized carbons (Fsp3) is 0.174. The van der Waals surface area contributed by atoms with Gasteiger partial charge in [0.25, 0.3) is 0 Å². The third kappa shape index (κ3) is 5.72. The minimum atomic E-state index is -0.325. The zero-order valence-corrected chi connectivity index (χ0v) is 16.1. The second-order valence-electron chi connectivity index (χ2n) is 6.60. The average Bonchev–Trinajstić information content (AvgIpc) is 2.73. The highest BCUT2D eigenvalue weighted by molar-refractivity contribution is 5.78. The number of methoxy groups -OCH3 is 1. The third-order valence-electron chi connectivity index (χ3n) is 4.49. The smallest absolute Gasteiger partial charge is 0.224 e. The van der Waals surface area contributed by atoms with Gasteiger partial charge in [-0.3, -0.25) is 4.79 Å². The van der Waals surface area contributed by atoms with E-state index < -0.39 is 0 Å². The first kappa shape index (κ1) is 20.2. The molecule has 0 heterocycles. The number of carbonyl (C=O) groups is 1. The summed E-state index contributed by atoms with van der Waals surface area (Å²) in [5, 5.41) is 15.7. The number of phenols is 1. The molecule has 0 aromatic heterocycles. The van der Waals surface area contributed by atoms with E-state index in [4.69, 9.17) is 4.74 Å². The predicted molar refractivity (Wildman–Crippen MR) is 110 cm³/mol. The summed E-state index contributed by atoms with van der Waals surface area (Å²) in [6.45, 7) is 0.736. The number of halogens is 1. The van der Waals surface area contributed by atoms with Gasteiger partial charge in [0.1, 0.15) is 5.82 Å². The van der Waals surface area contributed by atoms with Crippen molar-refractivity contribution in [1.29, 1.82) is 0 Å². The van der Waals surface area contributed by atoms with Gasteiger partial charge in [0.05, 0.1) is 13.5 Å². The van der Waals surface area contributed by atoms with Gasteiger partial charge in [0.15, 0.2) is 11.5 Å². The molecule has 0 atom stereocenters. The molecule has 0 fully saturated rings. The summed E-state index contributed by atoms with van der Waals surface area (Å²) in [7, 11) is 1.51. The molecule has 0 aliphatic carbocycles. The molecule has 0 saturated carbocycles. The molecule has 3 N–H and O–H groups in total. The monoisotopic (exact) mass is 394 g/mol. The normalized spacial score (nSPS) is 10.4. The molecule has 1 amide bonds. The Kier molecular flexibility index (Phi) is 6.68. The van der Waals surface area contributed by atoms with E-state index in [-0.39, 0.29) is 30.4 Å². The summed E-state index contributed by atoms with van der Waals surface area (Å²) < 4.78 is 18.7. The first-order valence-corrected chi connectivity index (χ1v) is 9.24. The van der Waals surface area contributed by atoms with Crippen LogP contribution in [0.25, 0.3) is 0 Å². The van der Waals surface area contributed by atoms with Crippen molar-refractivity contribution in [2.24, 2.45) is 0 Å². The molecule has 3 rings (SSSR count).